The smallest absolute Gasteiger partial charge is 0.197 e. The van der Waals surface area contributed by atoms with Crippen LogP contribution in [0.3, 0.4) is 0 Å². The quantitative estimate of drug-likeness (QED) is 0.670. The van der Waals surface area contributed by atoms with Crippen LogP contribution in [0.15, 0.2) is 39.5 Å². The summed E-state index contributed by atoms with van der Waals surface area (Å²) in [5, 5.41) is 29.9. The van der Waals surface area contributed by atoms with Gasteiger partial charge in [-0.25, -0.2) is 0 Å². The van der Waals surface area contributed by atoms with Gasteiger partial charge in [0.2, 0.25) is 0 Å². The minimum absolute atomic E-state index is 0.00310. The molecule has 3 rings (SSSR count). The van der Waals surface area contributed by atoms with Gasteiger partial charge in [0.05, 0.1) is 7.11 Å². The minimum atomic E-state index is -0.438. The fraction of sp³-hybridized carbons (Fsp3) is 0.211. The van der Waals surface area contributed by atoms with E-state index in [0.29, 0.717) is 23.3 Å². The standard InChI is InChI=1S/C19H18O6/c1-3-4-12-11(5-6-15(24-2)19(12)23)16-9-14(22)18-13(21)7-10(20)8-17(18)25-16/h5-9,20-21,23H,3-4H2,1-2H3. The molecule has 0 saturated carbocycles. The van der Waals surface area contributed by atoms with Crippen LogP contribution in [0.5, 0.6) is 23.0 Å². The summed E-state index contributed by atoms with van der Waals surface area (Å²) < 4.78 is 10.9. The Morgan fingerprint density at radius 2 is 1.88 bits per heavy atom. The molecule has 2 aromatic carbocycles. The van der Waals surface area contributed by atoms with Gasteiger partial charge in [-0.2, -0.15) is 0 Å². The molecule has 3 aromatic rings. The lowest BCUT2D eigenvalue weighted by Crippen LogP contribution is -2.02. The second-order valence-corrected chi connectivity index (χ2v) is 5.71. The first-order valence-electron chi connectivity index (χ1n) is 7.85. The van der Waals surface area contributed by atoms with Crippen LogP contribution in [-0.2, 0) is 6.42 Å². The third-order valence-corrected chi connectivity index (χ3v) is 4.03. The van der Waals surface area contributed by atoms with E-state index in [1.807, 2.05) is 6.92 Å². The van der Waals surface area contributed by atoms with Crippen LogP contribution in [-0.4, -0.2) is 22.4 Å². The van der Waals surface area contributed by atoms with Crippen molar-refractivity contribution in [2.45, 2.75) is 19.8 Å². The molecule has 0 unspecified atom stereocenters. The number of hydrogen-bond acceptors (Lipinski definition) is 6. The molecule has 0 aliphatic heterocycles. The maximum atomic E-state index is 12.4. The van der Waals surface area contributed by atoms with Crippen molar-refractivity contribution in [3.05, 3.63) is 46.1 Å². The van der Waals surface area contributed by atoms with Gasteiger partial charge in [-0.05, 0) is 18.6 Å². The summed E-state index contributed by atoms with van der Waals surface area (Å²) in [5.74, 6) is 0.0243. The van der Waals surface area contributed by atoms with Gasteiger partial charge in [-0.3, -0.25) is 4.79 Å². The fourth-order valence-electron chi connectivity index (χ4n) is 2.90. The van der Waals surface area contributed by atoms with Crippen molar-refractivity contribution in [3.8, 4) is 34.3 Å². The van der Waals surface area contributed by atoms with E-state index in [9.17, 15) is 20.1 Å². The molecule has 0 saturated heterocycles. The van der Waals surface area contributed by atoms with Gasteiger partial charge in [0.15, 0.2) is 16.9 Å². The molecule has 0 amide bonds. The highest BCUT2D eigenvalue weighted by Crippen LogP contribution is 2.39. The van der Waals surface area contributed by atoms with E-state index in [0.717, 1.165) is 12.5 Å². The average Bonchev–Trinajstić information content (AvgIpc) is 2.55. The predicted molar refractivity (Wildman–Crippen MR) is 93.5 cm³/mol. The van der Waals surface area contributed by atoms with Gasteiger partial charge < -0.3 is 24.5 Å². The van der Waals surface area contributed by atoms with Gasteiger partial charge >= 0.3 is 0 Å². The zero-order valence-electron chi connectivity index (χ0n) is 13.9. The molecule has 0 fully saturated rings. The number of hydrogen-bond donors (Lipinski definition) is 3. The third kappa shape index (κ3) is 2.87. The SMILES string of the molecule is CCCc1c(-c2cc(=O)c3c(O)cc(O)cc3o2)ccc(OC)c1O. The van der Waals surface area contributed by atoms with E-state index in [1.165, 1.54) is 19.2 Å². The summed E-state index contributed by atoms with van der Waals surface area (Å²) in [7, 11) is 1.46. The van der Waals surface area contributed by atoms with Crippen LogP contribution in [0.4, 0.5) is 0 Å². The molecule has 0 spiro atoms. The van der Waals surface area contributed by atoms with Crippen molar-refractivity contribution in [1.29, 1.82) is 0 Å². The van der Waals surface area contributed by atoms with Gasteiger partial charge in [0.25, 0.3) is 0 Å². The first kappa shape index (κ1) is 16.7. The Morgan fingerprint density at radius 1 is 1.12 bits per heavy atom. The molecule has 1 aromatic heterocycles. The highest BCUT2D eigenvalue weighted by Gasteiger charge is 2.18. The summed E-state index contributed by atoms with van der Waals surface area (Å²) in [6.07, 6.45) is 1.33. The van der Waals surface area contributed by atoms with E-state index in [-0.39, 0.29) is 34.0 Å². The molecule has 6 nitrogen and oxygen atoms in total. The molecule has 130 valence electrons. The zero-order chi connectivity index (χ0) is 18.1. The van der Waals surface area contributed by atoms with Crippen LogP contribution < -0.4 is 10.2 Å². The molecule has 0 aliphatic rings. The van der Waals surface area contributed by atoms with Crippen molar-refractivity contribution >= 4 is 11.0 Å². The number of fused-ring (bicyclic) bond motifs is 1. The Labute approximate surface area is 143 Å². The number of phenolic OH excluding ortho intramolecular Hbond substituents is 3. The topological polar surface area (TPSA) is 100 Å². The van der Waals surface area contributed by atoms with E-state index in [1.54, 1.807) is 12.1 Å². The van der Waals surface area contributed by atoms with Crippen LogP contribution in [0.25, 0.3) is 22.3 Å². The second-order valence-electron chi connectivity index (χ2n) is 5.71. The summed E-state index contributed by atoms with van der Waals surface area (Å²) in [6.45, 7) is 1.97. The first-order valence-corrected chi connectivity index (χ1v) is 7.85. The first-order chi connectivity index (χ1) is 12.0. The Morgan fingerprint density at radius 3 is 2.56 bits per heavy atom. The lowest BCUT2D eigenvalue weighted by Gasteiger charge is -2.14. The number of methoxy groups -OCH3 is 1. The Balaban J connectivity index is 2.30. The van der Waals surface area contributed by atoms with E-state index < -0.39 is 5.43 Å². The Kier molecular flexibility index (Phi) is 4.27. The highest BCUT2D eigenvalue weighted by atomic mass is 16.5. The van der Waals surface area contributed by atoms with E-state index >= 15 is 0 Å². The number of aromatic hydroxyl groups is 3. The number of rotatable bonds is 4. The molecule has 0 atom stereocenters. The number of ether oxygens (including phenoxy) is 1. The number of benzene rings is 2. The normalized spacial score (nSPS) is 11.0. The third-order valence-electron chi connectivity index (χ3n) is 4.03. The summed E-state index contributed by atoms with van der Waals surface area (Å²) in [6, 6.07) is 6.91. The molecule has 0 aliphatic carbocycles. The molecule has 3 N–H and O–H groups in total. The zero-order valence-corrected chi connectivity index (χ0v) is 13.9. The lowest BCUT2D eigenvalue weighted by atomic mass is 9.98. The van der Waals surface area contributed by atoms with Crippen LogP contribution in [0.2, 0.25) is 0 Å². The largest absolute Gasteiger partial charge is 0.508 e. The molecule has 25 heavy (non-hydrogen) atoms. The molecule has 6 heteroatoms. The van der Waals surface area contributed by atoms with Gasteiger partial charge in [-0.15, -0.1) is 0 Å². The lowest BCUT2D eigenvalue weighted by molar-refractivity contribution is 0.370. The summed E-state index contributed by atoms with van der Waals surface area (Å²) >= 11 is 0. The Hall–Kier alpha value is -3.15. The van der Waals surface area contributed by atoms with E-state index in [2.05, 4.69) is 0 Å². The number of phenols is 3. The molecule has 0 radical (unpaired) electrons. The monoisotopic (exact) mass is 342 g/mol. The maximum absolute atomic E-state index is 12.4. The summed E-state index contributed by atoms with van der Waals surface area (Å²) in [5.41, 5.74) is 0.792. The van der Waals surface area contributed by atoms with Crippen molar-refractivity contribution in [2.75, 3.05) is 7.11 Å². The second kappa shape index (κ2) is 6.39. The van der Waals surface area contributed by atoms with Gasteiger partial charge in [-0.1, -0.05) is 13.3 Å². The van der Waals surface area contributed by atoms with Gasteiger partial charge in [0, 0.05) is 29.3 Å². The minimum Gasteiger partial charge on any atom is -0.508 e. The average molecular weight is 342 g/mol. The molecule has 1 heterocycles. The maximum Gasteiger partial charge on any atom is 0.197 e. The van der Waals surface area contributed by atoms with Crippen molar-refractivity contribution in [3.63, 3.8) is 0 Å². The molecular weight excluding hydrogens is 324 g/mol. The van der Waals surface area contributed by atoms with Gasteiger partial charge in [0.1, 0.15) is 28.2 Å². The fourth-order valence-corrected chi connectivity index (χ4v) is 2.90. The molecule has 0 bridgehead atoms. The van der Waals surface area contributed by atoms with E-state index in [4.69, 9.17) is 9.15 Å². The van der Waals surface area contributed by atoms with Crippen molar-refractivity contribution in [1.82, 2.24) is 0 Å². The van der Waals surface area contributed by atoms with Crippen molar-refractivity contribution in [2.24, 2.45) is 0 Å². The van der Waals surface area contributed by atoms with Crippen LogP contribution >= 0.6 is 0 Å². The van der Waals surface area contributed by atoms with Crippen molar-refractivity contribution < 1.29 is 24.5 Å². The highest BCUT2D eigenvalue weighted by molar-refractivity contribution is 5.86. The van der Waals surface area contributed by atoms with Crippen LogP contribution in [0.1, 0.15) is 18.9 Å². The Bertz CT molecular complexity index is 1000. The van der Waals surface area contributed by atoms with Crippen LogP contribution in [0, 0.1) is 0 Å². The summed E-state index contributed by atoms with van der Waals surface area (Å²) in [4.78, 5) is 12.4. The molecular formula is C19H18O6. The predicted octanol–water partition coefficient (Wildman–Crippen LogP) is 3.54.